The third-order valence-electron chi connectivity index (χ3n) is 10.0. The number of anilines is 2. The number of halogens is 3. The lowest BCUT2D eigenvalue weighted by atomic mass is 9.51. The van der Waals surface area contributed by atoms with Gasteiger partial charge in [0.1, 0.15) is 11.6 Å². The van der Waals surface area contributed by atoms with Crippen LogP contribution in [0.5, 0.6) is 5.75 Å². The van der Waals surface area contributed by atoms with E-state index in [4.69, 9.17) is 23.2 Å². The van der Waals surface area contributed by atoms with E-state index in [0.29, 0.717) is 11.1 Å². The molecule has 3 fully saturated rings. The van der Waals surface area contributed by atoms with Crippen LogP contribution in [0.4, 0.5) is 21.5 Å². The smallest absolute Gasteiger partial charge is 0.269 e. The number of amides is 4. The Morgan fingerprint density at radius 3 is 2.24 bits per heavy atom. The van der Waals surface area contributed by atoms with Gasteiger partial charge in [0.2, 0.25) is 23.6 Å². The van der Waals surface area contributed by atoms with Gasteiger partial charge >= 0.3 is 0 Å². The number of carbonyl (C=O) groups is 4. The molecular weight excluding hydrogens is 640 g/mol. The number of benzene rings is 3. The minimum atomic E-state index is -1.41. The molecule has 2 aliphatic heterocycles. The number of hydrogen-bond acceptors (Lipinski definition) is 7. The summed E-state index contributed by atoms with van der Waals surface area (Å²) in [6, 6.07) is 13.1. The molecule has 1 N–H and O–H groups in total. The van der Waals surface area contributed by atoms with E-state index < -0.39 is 69.4 Å². The molecule has 0 bridgehead atoms. The molecular formula is C33H24Cl2FN3O7. The van der Waals surface area contributed by atoms with Crippen LogP contribution in [0.25, 0.3) is 0 Å². The second-order valence-electron chi connectivity index (χ2n) is 12.3. The number of imide groups is 2. The van der Waals surface area contributed by atoms with Crippen molar-refractivity contribution in [2.75, 3.05) is 9.80 Å². The number of hydrogen-bond donors (Lipinski definition) is 1. The zero-order chi connectivity index (χ0) is 32.8. The van der Waals surface area contributed by atoms with Crippen molar-refractivity contribution < 1.29 is 33.6 Å². The molecule has 3 aromatic carbocycles. The SMILES string of the molecule is CC12C(=O)N(c3ccc(F)c(Cl)c3)C(=O)C1CC1C(=CCC3C(=O)N(c4ccc([N+](=O)[O-])cc4)C(=O)C31)C2c1ccc(O)cc1Cl. The van der Waals surface area contributed by atoms with Gasteiger partial charge in [0.25, 0.3) is 5.69 Å². The van der Waals surface area contributed by atoms with Crippen molar-refractivity contribution in [2.45, 2.75) is 25.7 Å². The van der Waals surface area contributed by atoms with Crippen LogP contribution in [0.2, 0.25) is 10.0 Å². The van der Waals surface area contributed by atoms with Crippen molar-refractivity contribution >= 4 is 63.9 Å². The van der Waals surface area contributed by atoms with Crippen LogP contribution in [-0.2, 0) is 19.2 Å². The number of fused-ring (bicyclic) bond motifs is 4. The molecule has 46 heavy (non-hydrogen) atoms. The maximum atomic E-state index is 14.4. The molecule has 7 rings (SSSR count). The molecule has 3 aromatic rings. The molecule has 2 heterocycles. The number of non-ortho nitro benzene ring substituents is 1. The van der Waals surface area contributed by atoms with Gasteiger partial charge in [0, 0.05) is 23.1 Å². The van der Waals surface area contributed by atoms with E-state index >= 15 is 0 Å². The molecule has 2 aliphatic carbocycles. The quantitative estimate of drug-likeness (QED) is 0.152. The summed E-state index contributed by atoms with van der Waals surface area (Å²) >= 11 is 12.7. The van der Waals surface area contributed by atoms with Crippen LogP contribution < -0.4 is 9.80 Å². The summed E-state index contributed by atoms with van der Waals surface area (Å²) in [5.41, 5.74) is -0.163. The van der Waals surface area contributed by atoms with Crippen LogP contribution in [-0.4, -0.2) is 33.7 Å². The number of aromatic hydroxyl groups is 1. The van der Waals surface area contributed by atoms with Gasteiger partial charge in [-0.15, -0.1) is 0 Å². The van der Waals surface area contributed by atoms with Crippen molar-refractivity contribution in [3.8, 4) is 5.75 Å². The van der Waals surface area contributed by atoms with E-state index in [1.807, 2.05) is 6.08 Å². The van der Waals surface area contributed by atoms with Gasteiger partial charge in [-0.25, -0.2) is 9.29 Å². The van der Waals surface area contributed by atoms with Gasteiger partial charge in [-0.05, 0) is 73.7 Å². The predicted octanol–water partition coefficient (Wildman–Crippen LogP) is 6.18. The monoisotopic (exact) mass is 663 g/mol. The zero-order valence-electron chi connectivity index (χ0n) is 24.0. The van der Waals surface area contributed by atoms with E-state index in [9.17, 15) is 38.8 Å². The van der Waals surface area contributed by atoms with Gasteiger partial charge in [-0.1, -0.05) is 40.9 Å². The van der Waals surface area contributed by atoms with Crippen LogP contribution in [0, 0.1) is 45.0 Å². The first-order chi connectivity index (χ1) is 21.8. The maximum Gasteiger partial charge on any atom is 0.269 e. The fourth-order valence-corrected chi connectivity index (χ4v) is 8.42. The molecule has 0 spiro atoms. The first-order valence-corrected chi connectivity index (χ1v) is 15.2. The van der Waals surface area contributed by atoms with Crippen molar-refractivity contribution in [1.29, 1.82) is 0 Å². The van der Waals surface area contributed by atoms with Crippen molar-refractivity contribution in [1.82, 2.24) is 0 Å². The molecule has 6 atom stereocenters. The average Bonchev–Trinajstić information content (AvgIpc) is 3.38. The summed E-state index contributed by atoms with van der Waals surface area (Å²) in [4.78, 5) is 69.1. The standard InChI is InChI=1S/C33H24Cl2FN3O7/c1-33-23(30(42)38(32(33)44)17-6-11-26(36)25(35)12-17)14-22-19(28(33)20-8-7-18(40)13-24(20)34)9-10-21-27(22)31(43)37(29(21)41)15-2-4-16(5-3-15)39(45)46/h2-9,11-13,21-23,27-28,40H,10,14H2,1H3. The molecule has 6 unspecified atom stereocenters. The van der Waals surface area contributed by atoms with Crippen LogP contribution in [0.15, 0.2) is 72.3 Å². The predicted molar refractivity (Wildman–Crippen MR) is 165 cm³/mol. The Hall–Kier alpha value is -4.61. The summed E-state index contributed by atoms with van der Waals surface area (Å²) in [5, 5.41) is 21.2. The average molecular weight is 664 g/mol. The second-order valence-corrected chi connectivity index (χ2v) is 13.1. The maximum absolute atomic E-state index is 14.4. The number of nitrogens with zero attached hydrogens (tertiary/aromatic N) is 3. The summed E-state index contributed by atoms with van der Waals surface area (Å²) in [5.74, 6) is -6.94. The van der Waals surface area contributed by atoms with Gasteiger partial charge in [-0.2, -0.15) is 0 Å². The highest BCUT2D eigenvalue weighted by atomic mass is 35.5. The van der Waals surface area contributed by atoms with Crippen LogP contribution in [0.3, 0.4) is 0 Å². The highest BCUT2D eigenvalue weighted by molar-refractivity contribution is 6.32. The van der Waals surface area contributed by atoms with E-state index in [2.05, 4.69) is 0 Å². The molecule has 13 heteroatoms. The van der Waals surface area contributed by atoms with E-state index in [-0.39, 0.29) is 45.7 Å². The second kappa shape index (κ2) is 10.5. The molecule has 0 radical (unpaired) electrons. The first kappa shape index (κ1) is 30.1. The van der Waals surface area contributed by atoms with Crippen molar-refractivity contribution in [3.05, 3.63) is 104 Å². The van der Waals surface area contributed by atoms with E-state index in [0.717, 1.165) is 15.9 Å². The fraction of sp³-hybridized carbons (Fsp3) is 0.273. The van der Waals surface area contributed by atoms with Gasteiger partial charge in [0.15, 0.2) is 0 Å². The Morgan fingerprint density at radius 1 is 0.891 bits per heavy atom. The first-order valence-electron chi connectivity index (χ1n) is 14.5. The Balaban J connectivity index is 1.35. The topological polar surface area (TPSA) is 138 Å². The van der Waals surface area contributed by atoms with Gasteiger partial charge < -0.3 is 5.11 Å². The summed E-state index contributed by atoms with van der Waals surface area (Å²) in [6.07, 6.45) is 2.09. The number of nitro benzene ring substituents is 1. The molecule has 234 valence electrons. The molecule has 0 aromatic heterocycles. The van der Waals surface area contributed by atoms with Crippen LogP contribution >= 0.6 is 23.2 Å². The molecule has 10 nitrogen and oxygen atoms in total. The van der Waals surface area contributed by atoms with Gasteiger partial charge in [-0.3, -0.25) is 34.2 Å². The van der Waals surface area contributed by atoms with E-state index in [1.165, 1.54) is 48.5 Å². The minimum Gasteiger partial charge on any atom is -0.508 e. The fourth-order valence-electron chi connectivity index (χ4n) is 7.96. The van der Waals surface area contributed by atoms with Gasteiger partial charge in [0.05, 0.1) is 44.5 Å². The molecule has 4 aliphatic rings. The number of carbonyl (C=O) groups excluding carboxylic acids is 4. The summed E-state index contributed by atoms with van der Waals surface area (Å²) < 4.78 is 14.1. The number of allylic oxidation sites excluding steroid dienone is 2. The normalized spacial score (nSPS) is 28.6. The molecule has 1 saturated carbocycles. The summed E-state index contributed by atoms with van der Waals surface area (Å²) in [7, 11) is 0. The number of rotatable bonds is 4. The Morgan fingerprint density at radius 2 is 1.59 bits per heavy atom. The van der Waals surface area contributed by atoms with E-state index in [1.54, 1.807) is 13.0 Å². The number of nitro groups is 1. The number of phenols is 1. The number of phenolic OH excluding ortho intramolecular Hbond substituents is 1. The largest absolute Gasteiger partial charge is 0.508 e. The minimum absolute atomic E-state index is 0.0683. The Kier molecular flexibility index (Phi) is 6.84. The lowest BCUT2D eigenvalue weighted by Gasteiger charge is -2.49. The van der Waals surface area contributed by atoms with Crippen LogP contribution in [0.1, 0.15) is 31.2 Å². The van der Waals surface area contributed by atoms with Crippen molar-refractivity contribution in [2.24, 2.45) is 29.1 Å². The Bertz CT molecular complexity index is 1930. The third-order valence-corrected chi connectivity index (χ3v) is 10.7. The zero-order valence-corrected chi connectivity index (χ0v) is 25.5. The van der Waals surface area contributed by atoms with Crippen molar-refractivity contribution in [3.63, 3.8) is 0 Å². The molecule has 4 amide bonds. The Labute approximate surface area is 271 Å². The summed E-state index contributed by atoms with van der Waals surface area (Å²) in [6.45, 7) is 1.67. The highest BCUT2D eigenvalue weighted by Crippen LogP contribution is 2.64. The lowest BCUT2D eigenvalue weighted by molar-refractivity contribution is -0.384. The molecule has 2 saturated heterocycles. The highest BCUT2D eigenvalue weighted by Gasteiger charge is 2.68. The third kappa shape index (κ3) is 4.14. The lowest BCUT2D eigenvalue weighted by Crippen LogP contribution is -2.49.